The van der Waals surface area contributed by atoms with E-state index in [0.717, 1.165) is 41.2 Å². The highest BCUT2D eigenvalue weighted by atomic mass is 16.2. The number of aryl methyl sites for hydroxylation is 1. The lowest BCUT2D eigenvalue weighted by molar-refractivity contribution is -0.130. The van der Waals surface area contributed by atoms with Crippen molar-refractivity contribution in [1.29, 1.82) is 0 Å². The molecule has 0 spiro atoms. The Morgan fingerprint density at radius 2 is 1.73 bits per heavy atom. The summed E-state index contributed by atoms with van der Waals surface area (Å²) in [7, 11) is 0. The van der Waals surface area contributed by atoms with E-state index in [2.05, 4.69) is 43.6 Å². The summed E-state index contributed by atoms with van der Waals surface area (Å²) < 4.78 is 0. The molecule has 4 aromatic rings. The van der Waals surface area contributed by atoms with E-state index in [1.54, 1.807) is 6.20 Å². The summed E-state index contributed by atoms with van der Waals surface area (Å²) >= 11 is 0. The van der Waals surface area contributed by atoms with Crippen LogP contribution in [-0.4, -0.2) is 52.2 Å². The molecule has 0 radical (unpaired) electrons. The summed E-state index contributed by atoms with van der Waals surface area (Å²) in [6, 6.07) is 22.2. The summed E-state index contributed by atoms with van der Waals surface area (Å²) in [4.78, 5) is 21.4. The van der Waals surface area contributed by atoms with Gasteiger partial charge in [-0.3, -0.25) is 4.79 Å². The van der Waals surface area contributed by atoms with Crippen LogP contribution >= 0.6 is 0 Å². The highest BCUT2D eigenvalue weighted by Crippen LogP contribution is 2.21. The van der Waals surface area contributed by atoms with Gasteiger partial charge in [0.2, 0.25) is 5.91 Å². The zero-order chi connectivity index (χ0) is 22.6. The van der Waals surface area contributed by atoms with Gasteiger partial charge in [0.25, 0.3) is 0 Å². The Bertz CT molecular complexity index is 1260. The van der Waals surface area contributed by atoms with E-state index >= 15 is 0 Å². The SMILES string of the molecule is Cc1ccnc(Nc2ccc(N3CCN(C(=O)Cc4cccc5ccccc45)CC3)nn2)c1. The number of nitrogens with zero attached hydrogens (tertiary/aromatic N) is 5. The minimum atomic E-state index is 0.169. The zero-order valence-electron chi connectivity index (χ0n) is 18.6. The molecule has 0 saturated carbocycles. The first-order chi connectivity index (χ1) is 16.2. The molecule has 1 aliphatic rings. The molecule has 1 saturated heterocycles. The second kappa shape index (κ2) is 9.24. The Labute approximate surface area is 193 Å². The molecule has 3 heterocycles. The summed E-state index contributed by atoms with van der Waals surface area (Å²) in [6.45, 7) is 4.86. The molecule has 0 bridgehead atoms. The Kier molecular flexibility index (Phi) is 5.85. The fraction of sp³-hybridized carbons (Fsp3) is 0.231. The molecule has 33 heavy (non-hydrogen) atoms. The lowest BCUT2D eigenvalue weighted by Crippen LogP contribution is -2.49. The number of carbonyl (C=O) groups is 1. The number of nitrogens with one attached hydrogen (secondary N) is 1. The number of hydrogen-bond donors (Lipinski definition) is 1. The molecule has 166 valence electrons. The minimum absolute atomic E-state index is 0.169. The van der Waals surface area contributed by atoms with E-state index in [0.29, 0.717) is 25.3 Å². The topological polar surface area (TPSA) is 74.2 Å². The number of rotatable bonds is 5. The Hall–Kier alpha value is -4.00. The van der Waals surface area contributed by atoms with Gasteiger partial charge in [0.15, 0.2) is 11.6 Å². The summed E-state index contributed by atoms with van der Waals surface area (Å²) in [5, 5.41) is 14.2. The van der Waals surface area contributed by atoms with E-state index < -0.39 is 0 Å². The molecule has 7 nitrogen and oxygen atoms in total. The van der Waals surface area contributed by atoms with E-state index in [1.165, 1.54) is 5.39 Å². The lowest BCUT2D eigenvalue weighted by Gasteiger charge is -2.35. The van der Waals surface area contributed by atoms with E-state index in [1.807, 2.05) is 60.4 Å². The number of pyridine rings is 1. The number of fused-ring (bicyclic) bond motifs is 1. The maximum atomic E-state index is 13.0. The summed E-state index contributed by atoms with van der Waals surface area (Å²) in [5.41, 5.74) is 2.21. The quantitative estimate of drug-likeness (QED) is 0.508. The number of benzene rings is 2. The van der Waals surface area contributed by atoms with Gasteiger partial charge >= 0.3 is 0 Å². The van der Waals surface area contributed by atoms with Gasteiger partial charge < -0.3 is 15.1 Å². The molecule has 2 aromatic carbocycles. The van der Waals surface area contributed by atoms with E-state index in [9.17, 15) is 4.79 Å². The van der Waals surface area contributed by atoms with Crippen molar-refractivity contribution in [2.45, 2.75) is 13.3 Å². The molecule has 1 amide bonds. The molecule has 5 rings (SSSR count). The number of anilines is 3. The standard InChI is InChI=1S/C26H26N6O/c1-19-11-12-27-24(17-19)28-23-9-10-25(30-29-23)31-13-15-32(16-14-31)26(33)18-21-7-4-6-20-5-2-3-8-22(20)21/h2-12,17H,13-16,18H2,1H3,(H,27,28,29). The van der Waals surface area contributed by atoms with Crippen molar-refractivity contribution in [2.24, 2.45) is 0 Å². The number of aromatic nitrogens is 3. The highest BCUT2D eigenvalue weighted by molar-refractivity contribution is 5.90. The molecular formula is C26H26N6O. The first kappa shape index (κ1) is 20.9. The van der Waals surface area contributed by atoms with Crippen LogP contribution in [0.4, 0.5) is 17.5 Å². The van der Waals surface area contributed by atoms with Gasteiger partial charge in [-0.25, -0.2) is 4.98 Å². The zero-order valence-corrected chi connectivity index (χ0v) is 18.6. The van der Waals surface area contributed by atoms with E-state index in [-0.39, 0.29) is 5.91 Å². The molecule has 2 aromatic heterocycles. The first-order valence-electron chi connectivity index (χ1n) is 11.2. The fourth-order valence-electron chi connectivity index (χ4n) is 4.20. The Morgan fingerprint density at radius 3 is 2.52 bits per heavy atom. The predicted octanol–water partition coefficient (Wildman–Crippen LogP) is 3.97. The Balaban J connectivity index is 1.18. The van der Waals surface area contributed by atoms with Crippen LogP contribution in [0.25, 0.3) is 10.8 Å². The van der Waals surface area contributed by atoms with Crippen molar-refractivity contribution in [3.63, 3.8) is 0 Å². The third kappa shape index (κ3) is 4.77. The highest BCUT2D eigenvalue weighted by Gasteiger charge is 2.22. The lowest BCUT2D eigenvalue weighted by atomic mass is 10.0. The van der Waals surface area contributed by atoms with Crippen LogP contribution in [0.5, 0.6) is 0 Å². The van der Waals surface area contributed by atoms with Gasteiger partial charge in [-0.05, 0) is 53.1 Å². The average molecular weight is 439 g/mol. The van der Waals surface area contributed by atoms with Gasteiger partial charge in [0.05, 0.1) is 6.42 Å². The van der Waals surface area contributed by atoms with Gasteiger partial charge in [-0.2, -0.15) is 0 Å². The van der Waals surface area contributed by atoms with Crippen LogP contribution in [0.15, 0.2) is 72.9 Å². The molecule has 1 fully saturated rings. The normalized spacial score (nSPS) is 13.8. The maximum Gasteiger partial charge on any atom is 0.227 e. The van der Waals surface area contributed by atoms with Crippen molar-refractivity contribution in [1.82, 2.24) is 20.1 Å². The molecule has 0 unspecified atom stereocenters. The van der Waals surface area contributed by atoms with Crippen LogP contribution in [0.3, 0.4) is 0 Å². The molecular weight excluding hydrogens is 412 g/mol. The van der Waals surface area contributed by atoms with Crippen molar-refractivity contribution in [2.75, 3.05) is 36.4 Å². The summed E-state index contributed by atoms with van der Waals surface area (Å²) in [5.74, 6) is 2.39. The largest absolute Gasteiger partial charge is 0.352 e. The van der Waals surface area contributed by atoms with Crippen molar-refractivity contribution >= 4 is 34.1 Å². The molecule has 1 N–H and O–H groups in total. The smallest absolute Gasteiger partial charge is 0.227 e. The second-order valence-electron chi connectivity index (χ2n) is 8.30. The van der Waals surface area contributed by atoms with Gasteiger partial charge in [0.1, 0.15) is 5.82 Å². The molecule has 1 aliphatic heterocycles. The predicted molar refractivity (Wildman–Crippen MR) is 131 cm³/mol. The van der Waals surface area contributed by atoms with Gasteiger partial charge in [-0.15, -0.1) is 10.2 Å². The number of hydrogen-bond acceptors (Lipinski definition) is 6. The number of amides is 1. The summed E-state index contributed by atoms with van der Waals surface area (Å²) in [6.07, 6.45) is 2.19. The van der Waals surface area contributed by atoms with Crippen molar-refractivity contribution in [3.8, 4) is 0 Å². The van der Waals surface area contributed by atoms with Crippen LogP contribution in [0.1, 0.15) is 11.1 Å². The molecule has 0 atom stereocenters. The third-order valence-corrected chi connectivity index (χ3v) is 6.00. The fourth-order valence-corrected chi connectivity index (χ4v) is 4.20. The van der Waals surface area contributed by atoms with Crippen molar-refractivity contribution < 1.29 is 4.79 Å². The van der Waals surface area contributed by atoms with Gasteiger partial charge in [0, 0.05) is 32.4 Å². The van der Waals surface area contributed by atoms with Crippen LogP contribution < -0.4 is 10.2 Å². The van der Waals surface area contributed by atoms with Crippen LogP contribution in [0.2, 0.25) is 0 Å². The number of carbonyl (C=O) groups excluding carboxylic acids is 1. The number of piperazine rings is 1. The minimum Gasteiger partial charge on any atom is -0.352 e. The average Bonchev–Trinajstić information content (AvgIpc) is 2.85. The van der Waals surface area contributed by atoms with Gasteiger partial charge in [-0.1, -0.05) is 42.5 Å². The second-order valence-corrected chi connectivity index (χ2v) is 8.30. The van der Waals surface area contributed by atoms with Crippen molar-refractivity contribution in [3.05, 3.63) is 84.1 Å². The third-order valence-electron chi connectivity index (χ3n) is 6.00. The molecule has 0 aliphatic carbocycles. The first-order valence-corrected chi connectivity index (χ1v) is 11.2. The maximum absolute atomic E-state index is 13.0. The monoisotopic (exact) mass is 438 g/mol. The van der Waals surface area contributed by atoms with Crippen LogP contribution in [0, 0.1) is 6.92 Å². The molecule has 7 heteroatoms. The van der Waals surface area contributed by atoms with Crippen LogP contribution in [-0.2, 0) is 11.2 Å². The van der Waals surface area contributed by atoms with E-state index in [4.69, 9.17) is 0 Å². The Morgan fingerprint density at radius 1 is 0.909 bits per heavy atom.